The lowest BCUT2D eigenvalue weighted by Crippen LogP contribution is -1.98. The molecule has 0 fully saturated rings. The number of aryl methyl sites for hydroxylation is 1. The monoisotopic (exact) mass is 212 g/mol. The maximum atomic E-state index is 5.87. The fraction of sp³-hybridized carbons (Fsp3) is 0.143. The van der Waals surface area contributed by atoms with Gasteiger partial charge in [-0.25, -0.2) is 0 Å². The van der Waals surface area contributed by atoms with Crippen LogP contribution in [-0.4, -0.2) is 0 Å². The lowest BCUT2D eigenvalue weighted by Gasteiger charge is -2.12. The summed E-state index contributed by atoms with van der Waals surface area (Å²) in [6, 6.07) is 14.1. The fourth-order valence-electron chi connectivity index (χ4n) is 1.65. The molecule has 0 bridgehead atoms. The molecule has 2 heteroatoms. The van der Waals surface area contributed by atoms with Crippen LogP contribution >= 0.6 is 0 Å². The van der Waals surface area contributed by atoms with Crippen LogP contribution in [0.1, 0.15) is 11.1 Å². The van der Waals surface area contributed by atoms with Gasteiger partial charge in [0.25, 0.3) is 0 Å². The zero-order chi connectivity index (χ0) is 11.5. The highest BCUT2D eigenvalue weighted by Gasteiger charge is 2.02. The number of benzene rings is 2. The largest absolute Gasteiger partial charge is 0.398 e. The molecule has 0 amide bonds. The molecule has 0 unspecified atom stereocenters. The van der Waals surface area contributed by atoms with Gasteiger partial charge in [0, 0.05) is 17.1 Å². The third-order valence-corrected chi connectivity index (χ3v) is 2.79. The summed E-state index contributed by atoms with van der Waals surface area (Å²) < 4.78 is 0. The Kier molecular flexibility index (Phi) is 2.82. The summed E-state index contributed by atoms with van der Waals surface area (Å²) in [5.41, 5.74) is 11.2. The minimum atomic E-state index is 0.818. The lowest BCUT2D eigenvalue weighted by atomic mass is 10.1. The maximum absolute atomic E-state index is 5.87. The molecule has 0 aromatic heterocycles. The number of nitrogens with two attached hydrogens (primary N) is 1. The van der Waals surface area contributed by atoms with Crippen molar-refractivity contribution >= 4 is 17.1 Å². The van der Waals surface area contributed by atoms with Gasteiger partial charge in [-0.1, -0.05) is 24.3 Å². The van der Waals surface area contributed by atoms with E-state index in [9.17, 15) is 0 Å². The maximum Gasteiger partial charge on any atom is 0.0434 e. The molecule has 82 valence electrons. The number of nitrogen functional groups attached to an aromatic ring is 1. The second-order valence-electron chi connectivity index (χ2n) is 3.96. The van der Waals surface area contributed by atoms with Crippen molar-refractivity contribution in [1.82, 2.24) is 0 Å². The molecule has 0 saturated heterocycles. The van der Waals surface area contributed by atoms with E-state index in [2.05, 4.69) is 24.4 Å². The number of anilines is 3. The molecule has 2 aromatic rings. The Morgan fingerprint density at radius 3 is 2.31 bits per heavy atom. The summed E-state index contributed by atoms with van der Waals surface area (Å²) in [6.45, 7) is 4.11. The highest BCUT2D eigenvalue weighted by atomic mass is 14.9. The summed E-state index contributed by atoms with van der Waals surface area (Å²) in [5, 5.41) is 3.40. The van der Waals surface area contributed by atoms with Gasteiger partial charge < -0.3 is 11.1 Å². The molecule has 0 heterocycles. The van der Waals surface area contributed by atoms with Crippen LogP contribution in [0.3, 0.4) is 0 Å². The van der Waals surface area contributed by atoms with Crippen molar-refractivity contribution in [2.75, 3.05) is 11.1 Å². The molecule has 2 aromatic carbocycles. The van der Waals surface area contributed by atoms with E-state index in [1.165, 1.54) is 5.56 Å². The van der Waals surface area contributed by atoms with Gasteiger partial charge in [-0.15, -0.1) is 0 Å². The van der Waals surface area contributed by atoms with E-state index in [1.807, 2.05) is 37.3 Å². The molecular weight excluding hydrogens is 196 g/mol. The molecule has 0 saturated carbocycles. The van der Waals surface area contributed by atoms with E-state index in [1.54, 1.807) is 0 Å². The molecule has 0 aliphatic rings. The minimum Gasteiger partial charge on any atom is -0.398 e. The first-order chi connectivity index (χ1) is 7.68. The van der Waals surface area contributed by atoms with Crippen molar-refractivity contribution in [2.45, 2.75) is 13.8 Å². The van der Waals surface area contributed by atoms with Crippen LogP contribution in [0.2, 0.25) is 0 Å². The molecule has 0 aliphatic heterocycles. The molecule has 0 spiro atoms. The Bertz CT molecular complexity index is 504. The lowest BCUT2D eigenvalue weighted by molar-refractivity contribution is 1.39. The third-order valence-electron chi connectivity index (χ3n) is 2.79. The van der Waals surface area contributed by atoms with Crippen LogP contribution in [-0.2, 0) is 0 Å². The number of rotatable bonds is 2. The van der Waals surface area contributed by atoms with E-state index in [0.29, 0.717) is 0 Å². The van der Waals surface area contributed by atoms with Crippen molar-refractivity contribution in [1.29, 1.82) is 0 Å². The minimum absolute atomic E-state index is 0.818. The molecule has 2 nitrogen and oxygen atoms in total. The van der Waals surface area contributed by atoms with Crippen molar-refractivity contribution in [3.05, 3.63) is 53.6 Å². The van der Waals surface area contributed by atoms with Crippen molar-refractivity contribution < 1.29 is 0 Å². The zero-order valence-electron chi connectivity index (χ0n) is 9.62. The van der Waals surface area contributed by atoms with Gasteiger partial charge in [0.15, 0.2) is 0 Å². The summed E-state index contributed by atoms with van der Waals surface area (Å²) in [7, 11) is 0. The molecular formula is C14H16N2. The summed E-state index contributed by atoms with van der Waals surface area (Å²) in [6.07, 6.45) is 0. The van der Waals surface area contributed by atoms with Gasteiger partial charge in [-0.3, -0.25) is 0 Å². The smallest absolute Gasteiger partial charge is 0.0434 e. The van der Waals surface area contributed by atoms with Crippen LogP contribution in [0, 0.1) is 13.8 Å². The Morgan fingerprint density at radius 1 is 0.875 bits per heavy atom. The van der Waals surface area contributed by atoms with Gasteiger partial charge >= 0.3 is 0 Å². The predicted octanol–water partition coefficient (Wildman–Crippen LogP) is 3.63. The number of para-hydroxylation sites is 1. The van der Waals surface area contributed by atoms with Gasteiger partial charge in [0.1, 0.15) is 0 Å². The van der Waals surface area contributed by atoms with E-state index < -0.39 is 0 Å². The standard InChI is InChI=1S/C14H16N2/c1-10-6-3-4-8-13(10)16-14-9-5-7-12(15)11(14)2/h3-9,16H,15H2,1-2H3. The summed E-state index contributed by atoms with van der Waals surface area (Å²) in [4.78, 5) is 0. The normalized spacial score (nSPS) is 10.1. The first-order valence-electron chi connectivity index (χ1n) is 5.36. The number of hydrogen-bond acceptors (Lipinski definition) is 2. The molecule has 16 heavy (non-hydrogen) atoms. The average molecular weight is 212 g/mol. The first-order valence-corrected chi connectivity index (χ1v) is 5.36. The Balaban J connectivity index is 2.35. The topological polar surface area (TPSA) is 38.0 Å². The predicted molar refractivity (Wildman–Crippen MR) is 70.1 cm³/mol. The van der Waals surface area contributed by atoms with Crippen molar-refractivity contribution in [3.8, 4) is 0 Å². The van der Waals surface area contributed by atoms with Gasteiger partial charge in [-0.05, 0) is 43.2 Å². The van der Waals surface area contributed by atoms with Gasteiger partial charge in [0.2, 0.25) is 0 Å². The average Bonchev–Trinajstić information content (AvgIpc) is 2.28. The third kappa shape index (κ3) is 2.01. The van der Waals surface area contributed by atoms with E-state index in [0.717, 1.165) is 22.6 Å². The number of nitrogens with one attached hydrogen (secondary N) is 1. The van der Waals surface area contributed by atoms with Gasteiger partial charge in [0.05, 0.1) is 0 Å². The Labute approximate surface area is 96.1 Å². The molecule has 0 aliphatic carbocycles. The van der Waals surface area contributed by atoms with E-state index in [4.69, 9.17) is 5.73 Å². The van der Waals surface area contributed by atoms with Crippen molar-refractivity contribution in [3.63, 3.8) is 0 Å². The summed E-state index contributed by atoms with van der Waals surface area (Å²) in [5.74, 6) is 0. The Morgan fingerprint density at radius 2 is 1.56 bits per heavy atom. The second kappa shape index (κ2) is 4.27. The number of hydrogen-bond donors (Lipinski definition) is 2. The molecule has 3 N–H and O–H groups in total. The van der Waals surface area contributed by atoms with E-state index in [-0.39, 0.29) is 0 Å². The highest BCUT2D eigenvalue weighted by molar-refractivity contribution is 5.70. The van der Waals surface area contributed by atoms with Crippen LogP contribution in [0.25, 0.3) is 0 Å². The molecule has 0 radical (unpaired) electrons. The zero-order valence-corrected chi connectivity index (χ0v) is 9.62. The second-order valence-corrected chi connectivity index (χ2v) is 3.96. The van der Waals surface area contributed by atoms with Gasteiger partial charge in [-0.2, -0.15) is 0 Å². The van der Waals surface area contributed by atoms with Crippen LogP contribution in [0.4, 0.5) is 17.1 Å². The fourth-order valence-corrected chi connectivity index (χ4v) is 1.65. The van der Waals surface area contributed by atoms with Crippen LogP contribution in [0.15, 0.2) is 42.5 Å². The summed E-state index contributed by atoms with van der Waals surface area (Å²) >= 11 is 0. The van der Waals surface area contributed by atoms with Crippen molar-refractivity contribution in [2.24, 2.45) is 0 Å². The van der Waals surface area contributed by atoms with E-state index >= 15 is 0 Å². The SMILES string of the molecule is Cc1ccccc1Nc1cccc(N)c1C. The first kappa shape index (κ1) is 10.6. The molecule has 2 rings (SSSR count). The van der Waals surface area contributed by atoms with Crippen LogP contribution < -0.4 is 11.1 Å². The highest BCUT2D eigenvalue weighted by Crippen LogP contribution is 2.25. The molecule has 0 atom stereocenters. The Hall–Kier alpha value is -1.96. The quantitative estimate of drug-likeness (QED) is 0.746. The van der Waals surface area contributed by atoms with Crippen LogP contribution in [0.5, 0.6) is 0 Å².